The Hall–Kier alpha value is -4.37. The number of hydrogen-bond donors (Lipinski definition) is 8. The highest BCUT2D eigenvalue weighted by Crippen LogP contribution is 2.33. The number of primary amides is 1. The van der Waals surface area contributed by atoms with Gasteiger partial charge in [-0.1, -0.05) is 75.6 Å². The molecule has 1 aromatic rings. The van der Waals surface area contributed by atoms with Crippen molar-refractivity contribution in [3.8, 4) is 0 Å². The second kappa shape index (κ2) is 20.2. The van der Waals surface area contributed by atoms with Gasteiger partial charge in [0.05, 0.1) is 0 Å². The lowest BCUT2D eigenvalue weighted by molar-refractivity contribution is -0.192. The Labute approximate surface area is 284 Å². The molecule has 0 radical (unpaired) electrons. The number of amidine groups is 1. The molecule has 0 heterocycles. The quantitative estimate of drug-likeness (QED) is 0.0767. The second-order valence-corrected chi connectivity index (χ2v) is 12.8. The topological polar surface area (TPSA) is 253 Å². The molecular weight excluding hydrogens is 645 g/mol. The van der Waals surface area contributed by atoms with Crippen LogP contribution in [0.1, 0.15) is 94.6 Å². The highest BCUT2D eigenvalue weighted by molar-refractivity contribution is 5.95. The number of nitrogens with two attached hydrogens (primary N) is 4. The SMILES string of the molecule is N=C(N)c1ccc(C[C@@H](C(=O)N[C@@H](CC2CCCCC2)C(=O)N[C@@H](CCCN=C(N)N)C(N)=O)C2CCCCC2)cc1.O=C(O)C(F)(F)F. The van der Waals surface area contributed by atoms with Crippen molar-refractivity contribution in [2.45, 2.75) is 108 Å². The molecule has 0 aromatic heterocycles. The zero-order chi connectivity index (χ0) is 36.6. The molecule has 49 heavy (non-hydrogen) atoms. The number of benzene rings is 1. The molecule has 13 nitrogen and oxygen atoms in total. The summed E-state index contributed by atoms with van der Waals surface area (Å²) in [7, 11) is 0. The molecule has 0 aliphatic heterocycles. The summed E-state index contributed by atoms with van der Waals surface area (Å²) in [5.74, 6) is -3.67. The number of nitrogen functional groups attached to an aromatic ring is 1. The number of hydrogen-bond acceptors (Lipinski definition) is 6. The fraction of sp³-hybridized carbons (Fsp3) is 0.636. The third kappa shape index (κ3) is 15.2. The molecule has 12 N–H and O–H groups in total. The first-order valence-corrected chi connectivity index (χ1v) is 16.8. The van der Waals surface area contributed by atoms with Gasteiger partial charge in [0, 0.05) is 18.0 Å². The Morgan fingerprint density at radius 3 is 1.88 bits per heavy atom. The van der Waals surface area contributed by atoms with E-state index in [1.54, 1.807) is 0 Å². The molecule has 2 aliphatic carbocycles. The predicted molar refractivity (Wildman–Crippen MR) is 179 cm³/mol. The molecule has 0 unspecified atom stereocenters. The van der Waals surface area contributed by atoms with E-state index >= 15 is 0 Å². The molecule has 274 valence electrons. The van der Waals surface area contributed by atoms with Crippen LogP contribution in [0.2, 0.25) is 0 Å². The van der Waals surface area contributed by atoms with Gasteiger partial charge in [-0.05, 0) is 55.9 Å². The Bertz CT molecular complexity index is 1280. The van der Waals surface area contributed by atoms with Crippen LogP contribution in [-0.2, 0) is 25.6 Å². The van der Waals surface area contributed by atoms with Crippen molar-refractivity contribution in [1.82, 2.24) is 10.6 Å². The van der Waals surface area contributed by atoms with E-state index < -0.39 is 30.1 Å². The number of halogens is 3. The largest absolute Gasteiger partial charge is 0.490 e. The summed E-state index contributed by atoms with van der Waals surface area (Å²) < 4.78 is 31.7. The summed E-state index contributed by atoms with van der Waals surface area (Å²) in [6.07, 6.45) is 7.50. The molecule has 0 bridgehead atoms. The van der Waals surface area contributed by atoms with Crippen molar-refractivity contribution in [3.05, 3.63) is 35.4 Å². The maximum absolute atomic E-state index is 14.0. The summed E-state index contributed by atoms with van der Waals surface area (Å²) in [6.45, 7) is 0.320. The minimum Gasteiger partial charge on any atom is -0.475 e. The van der Waals surface area contributed by atoms with Gasteiger partial charge in [-0.15, -0.1) is 0 Å². The molecule has 16 heteroatoms. The normalized spacial score (nSPS) is 17.3. The van der Waals surface area contributed by atoms with Crippen LogP contribution in [0.3, 0.4) is 0 Å². The van der Waals surface area contributed by atoms with Crippen molar-refractivity contribution >= 4 is 35.5 Å². The van der Waals surface area contributed by atoms with Crippen molar-refractivity contribution in [2.24, 2.45) is 45.7 Å². The van der Waals surface area contributed by atoms with Gasteiger partial charge < -0.3 is 38.7 Å². The maximum atomic E-state index is 14.0. The van der Waals surface area contributed by atoms with E-state index in [0.717, 1.165) is 56.9 Å². The third-order valence-electron chi connectivity index (χ3n) is 9.05. The minimum absolute atomic E-state index is 0.00481. The van der Waals surface area contributed by atoms with Gasteiger partial charge >= 0.3 is 12.1 Å². The molecule has 1 aromatic carbocycles. The summed E-state index contributed by atoms with van der Waals surface area (Å²) in [5, 5.41) is 20.7. The van der Waals surface area contributed by atoms with E-state index in [9.17, 15) is 27.6 Å². The van der Waals surface area contributed by atoms with Crippen molar-refractivity contribution in [3.63, 3.8) is 0 Å². The van der Waals surface area contributed by atoms with Crippen molar-refractivity contribution in [2.75, 3.05) is 6.54 Å². The molecular formula is C33H51F3N8O5. The molecule has 2 saturated carbocycles. The molecule has 3 rings (SSSR count). The Kier molecular flexibility index (Phi) is 16.8. The fourth-order valence-electron chi connectivity index (χ4n) is 6.41. The number of amides is 3. The first-order valence-electron chi connectivity index (χ1n) is 16.8. The molecule has 2 aliphatic rings. The fourth-order valence-corrected chi connectivity index (χ4v) is 6.41. The number of carboxylic acid groups (broad SMARTS) is 1. The molecule has 3 amide bonds. The molecule has 3 atom stereocenters. The van der Waals surface area contributed by atoms with Gasteiger partial charge in [0.2, 0.25) is 17.7 Å². The molecule has 0 saturated heterocycles. The van der Waals surface area contributed by atoms with Crippen LogP contribution < -0.4 is 33.6 Å². The third-order valence-corrected chi connectivity index (χ3v) is 9.05. The standard InChI is InChI=1S/C31H50N8O3.C2HF3O2/c32-27(33)23-15-13-21(14-16-23)18-24(22-10-5-2-6-11-22)29(41)39-26(19-20-8-3-1-4-9-20)30(42)38-25(28(34)40)12-7-17-37-31(35)36;3-2(4,5)1(6)7/h13-16,20,22,24-26H,1-12,17-19H2,(H3,32,33)(H2,34,40)(H,38,42)(H,39,41)(H4,35,36,37);(H,6,7)/t24-,25+,26+;/m1./s1. The monoisotopic (exact) mass is 696 g/mol. The Balaban J connectivity index is 0.00000107. The van der Waals surface area contributed by atoms with Gasteiger partial charge in [-0.3, -0.25) is 24.8 Å². The van der Waals surface area contributed by atoms with Gasteiger partial charge in [0.1, 0.15) is 17.9 Å². The molecule has 2 fully saturated rings. The average molecular weight is 697 g/mol. The first-order chi connectivity index (χ1) is 23.1. The number of rotatable bonds is 15. The Morgan fingerprint density at radius 2 is 1.39 bits per heavy atom. The van der Waals surface area contributed by atoms with Crippen LogP contribution in [0.25, 0.3) is 0 Å². The molecule has 0 spiro atoms. The zero-order valence-corrected chi connectivity index (χ0v) is 27.8. The van der Waals surface area contributed by atoms with Gasteiger partial charge in [-0.25, -0.2) is 4.79 Å². The number of carbonyl (C=O) groups excluding carboxylic acids is 3. The minimum atomic E-state index is -5.08. The number of carbonyl (C=O) groups is 4. The lowest BCUT2D eigenvalue weighted by Gasteiger charge is -2.32. The predicted octanol–water partition coefficient (Wildman–Crippen LogP) is 2.82. The van der Waals surface area contributed by atoms with Crippen molar-refractivity contribution < 1.29 is 37.5 Å². The lowest BCUT2D eigenvalue weighted by Crippen LogP contribution is -2.55. The number of carboxylic acids is 1. The smallest absolute Gasteiger partial charge is 0.475 e. The van der Waals surface area contributed by atoms with E-state index in [1.807, 2.05) is 24.3 Å². The summed E-state index contributed by atoms with van der Waals surface area (Å²) >= 11 is 0. The summed E-state index contributed by atoms with van der Waals surface area (Å²) in [4.78, 5) is 52.7. The van der Waals surface area contributed by atoms with Crippen LogP contribution in [0.5, 0.6) is 0 Å². The van der Waals surface area contributed by atoms with Gasteiger partial charge in [0.15, 0.2) is 5.96 Å². The number of nitrogens with one attached hydrogen (secondary N) is 3. The number of guanidine groups is 1. The maximum Gasteiger partial charge on any atom is 0.490 e. The van der Waals surface area contributed by atoms with Crippen LogP contribution in [0.15, 0.2) is 29.3 Å². The number of nitrogens with zero attached hydrogens (tertiary/aromatic N) is 1. The number of aliphatic imine (C=N–C) groups is 1. The van der Waals surface area contributed by atoms with E-state index in [0.29, 0.717) is 43.7 Å². The van der Waals surface area contributed by atoms with E-state index in [2.05, 4.69) is 15.6 Å². The van der Waals surface area contributed by atoms with Crippen LogP contribution in [0.4, 0.5) is 13.2 Å². The lowest BCUT2D eigenvalue weighted by atomic mass is 9.76. The zero-order valence-electron chi connectivity index (χ0n) is 27.8. The number of aliphatic carboxylic acids is 1. The second-order valence-electron chi connectivity index (χ2n) is 12.8. The van der Waals surface area contributed by atoms with Crippen molar-refractivity contribution in [1.29, 1.82) is 5.41 Å². The number of alkyl halides is 3. The summed E-state index contributed by atoms with van der Waals surface area (Å²) in [6, 6.07) is 5.82. The van der Waals surface area contributed by atoms with E-state index in [-0.39, 0.29) is 35.4 Å². The Morgan fingerprint density at radius 1 is 0.857 bits per heavy atom. The van der Waals surface area contributed by atoms with Crippen LogP contribution in [-0.4, -0.2) is 65.4 Å². The van der Waals surface area contributed by atoms with E-state index in [1.165, 1.54) is 12.8 Å². The van der Waals surface area contributed by atoms with Crippen LogP contribution in [0, 0.1) is 23.2 Å². The van der Waals surface area contributed by atoms with Gasteiger partial charge in [-0.2, -0.15) is 13.2 Å². The highest BCUT2D eigenvalue weighted by Gasteiger charge is 2.38. The summed E-state index contributed by atoms with van der Waals surface area (Å²) in [5.41, 5.74) is 23.7. The highest BCUT2D eigenvalue weighted by atomic mass is 19.4. The van der Waals surface area contributed by atoms with Gasteiger partial charge in [0.25, 0.3) is 0 Å². The van der Waals surface area contributed by atoms with E-state index in [4.69, 9.17) is 38.2 Å². The van der Waals surface area contributed by atoms with Crippen LogP contribution >= 0.6 is 0 Å². The average Bonchev–Trinajstić information content (AvgIpc) is 3.05. The first kappa shape index (κ1) is 40.8.